The Morgan fingerprint density at radius 2 is 1.48 bits per heavy atom. The predicted octanol–water partition coefficient (Wildman–Crippen LogP) is 10.1. The van der Waals surface area contributed by atoms with Gasteiger partial charge in [-0.05, 0) is 80.2 Å². The lowest BCUT2D eigenvalue weighted by molar-refractivity contribution is 0.312. The van der Waals surface area contributed by atoms with E-state index in [0.29, 0.717) is 11.8 Å². The summed E-state index contributed by atoms with van der Waals surface area (Å²) in [6.07, 6.45) is 8.85. The molecule has 0 heterocycles. The van der Waals surface area contributed by atoms with Gasteiger partial charge >= 0.3 is 0 Å². The van der Waals surface area contributed by atoms with Crippen molar-refractivity contribution in [1.82, 2.24) is 0 Å². The number of benzene rings is 1. The highest BCUT2D eigenvalue weighted by atomic mass is 16.5. The smallest absolute Gasteiger partial charge is 0.130 e. The van der Waals surface area contributed by atoms with Crippen molar-refractivity contribution in [1.29, 1.82) is 0 Å². The van der Waals surface area contributed by atoms with Crippen molar-refractivity contribution in [3.63, 3.8) is 0 Å². The fourth-order valence-electron chi connectivity index (χ4n) is 2.77. The summed E-state index contributed by atoms with van der Waals surface area (Å²) in [5, 5.41) is 0. The lowest BCUT2D eigenvalue weighted by atomic mass is 9.88. The minimum atomic E-state index is 0.438. The standard InChI is InChI=1S/C25H38O.C5H12/c1-10-14-26-25-23(18(5)6)15-22(17(3)4)16-24(25)21(9)20(8)13-12-19(7)11-2;1-4-5(2)3/h11-13,15-18H,10,14H2,1-9H3;5H,4H2,1-3H3/b13-12+,19-11+,21-20-;. The van der Waals surface area contributed by atoms with Gasteiger partial charge < -0.3 is 4.74 Å². The van der Waals surface area contributed by atoms with Gasteiger partial charge in [0.1, 0.15) is 5.75 Å². The maximum Gasteiger partial charge on any atom is 0.130 e. The van der Waals surface area contributed by atoms with Crippen molar-refractivity contribution in [2.24, 2.45) is 5.92 Å². The summed E-state index contributed by atoms with van der Waals surface area (Å²) < 4.78 is 6.26. The third kappa shape index (κ3) is 10.4. The molecule has 1 nitrogen and oxygen atoms in total. The zero-order chi connectivity index (χ0) is 24.1. The molecule has 0 amide bonds. The molecule has 0 radical (unpaired) electrons. The Bertz CT molecular complexity index is 742. The number of hydrogen-bond donors (Lipinski definition) is 0. The summed E-state index contributed by atoms with van der Waals surface area (Å²) in [6, 6.07) is 4.67. The van der Waals surface area contributed by atoms with Crippen LogP contribution < -0.4 is 4.74 Å². The Morgan fingerprint density at radius 3 is 1.90 bits per heavy atom. The van der Waals surface area contributed by atoms with Crippen LogP contribution in [0.1, 0.15) is 124 Å². The van der Waals surface area contributed by atoms with E-state index in [1.54, 1.807) is 0 Å². The molecule has 0 saturated carbocycles. The first-order valence-electron chi connectivity index (χ1n) is 12.3. The van der Waals surface area contributed by atoms with Gasteiger partial charge in [-0.3, -0.25) is 0 Å². The van der Waals surface area contributed by atoms with Crippen molar-refractivity contribution in [2.45, 2.75) is 108 Å². The molecule has 0 N–H and O–H groups in total. The van der Waals surface area contributed by atoms with Crippen LogP contribution in [-0.2, 0) is 0 Å². The van der Waals surface area contributed by atoms with Gasteiger partial charge in [0.05, 0.1) is 6.61 Å². The molecule has 0 aliphatic rings. The maximum absolute atomic E-state index is 6.26. The van der Waals surface area contributed by atoms with Crippen molar-refractivity contribution in [3.05, 3.63) is 58.2 Å². The number of rotatable bonds is 9. The van der Waals surface area contributed by atoms with Gasteiger partial charge in [-0.15, -0.1) is 0 Å². The Balaban J connectivity index is 0.00000161. The molecule has 0 aliphatic heterocycles. The summed E-state index contributed by atoms with van der Waals surface area (Å²) >= 11 is 0. The fourth-order valence-corrected chi connectivity index (χ4v) is 2.77. The summed E-state index contributed by atoms with van der Waals surface area (Å²) in [7, 11) is 0. The average molecular weight is 427 g/mol. The van der Waals surface area contributed by atoms with Crippen LogP contribution in [0.4, 0.5) is 0 Å². The zero-order valence-corrected chi connectivity index (χ0v) is 22.6. The van der Waals surface area contributed by atoms with Crippen LogP contribution >= 0.6 is 0 Å². The normalized spacial score (nSPS) is 13.1. The monoisotopic (exact) mass is 426 g/mol. The van der Waals surface area contributed by atoms with Gasteiger partial charge in [0.15, 0.2) is 0 Å². The van der Waals surface area contributed by atoms with Crippen molar-refractivity contribution in [3.8, 4) is 5.75 Å². The van der Waals surface area contributed by atoms with Crippen LogP contribution in [0.2, 0.25) is 0 Å². The van der Waals surface area contributed by atoms with Crippen LogP contribution in [0.3, 0.4) is 0 Å². The fraction of sp³-hybridized carbons (Fsp3) is 0.600. The maximum atomic E-state index is 6.26. The lowest BCUT2D eigenvalue weighted by Gasteiger charge is -2.22. The summed E-state index contributed by atoms with van der Waals surface area (Å²) in [5.74, 6) is 2.89. The third-order valence-electron chi connectivity index (χ3n) is 5.74. The Kier molecular flexibility index (Phi) is 14.3. The summed E-state index contributed by atoms with van der Waals surface area (Å²) in [4.78, 5) is 0. The van der Waals surface area contributed by atoms with E-state index in [-0.39, 0.29) is 0 Å². The third-order valence-corrected chi connectivity index (χ3v) is 5.74. The molecule has 176 valence electrons. The Hall–Kier alpha value is -1.76. The molecular formula is C30H50O. The predicted molar refractivity (Wildman–Crippen MR) is 142 cm³/mol. The van der Waals surface area contributed by atoms with Gasteiger partial charge in [-0.1, -0.05) is 91.7 Å². The van der Waals surface area contributed by atoms with E-state index in [4.69, 9.17) is 4.74 Å². The molecule has 0 aromatic heterocycles. The van der Waals surface area contributed by atoms with E-state index < -0.39 is 0 Å². The SMILES string of the molecule is C/C=C(C)/C=C/C(C)=C(/C)c1cc(C(C)C)cc(C(C)C)c1OCCC.CCC(C)C. The minimum Gasteiger partial charge on any atom is -0.493 e. The molecule has 0 unspecified atom stereocenters. The van der Waals surface area contributed by atoms with Crippen LogP contribution in [0, 0.1) is 5.92 Å². The Labute approximate surface area is 194 Å². The molecule has 0 spiro atoms. The van der Waals surface area contributed by atoms with E-state index in [9.17, 15) is 0 Å². The van der Waals surface area contributed by atoms with Gasteiger partial charge in [0.2, 0.25) is 0 Å². The largest absolute Gasteiger partial charge is 0.493 e. The highest BCUT2D eigenvalue weighted by molar-refractivity contribution is 5.75. The molecule has 0 fully saturated rings. The first-order valence-corrected chi connectivity index (χ1v) is 12.3. The number of hydrogen-bond acceptors (Lipinski definition) is 1. The van der Waals surface area contributed by atoms with Gasteiger partial charge in [-0.2, -0.15) is 0 Å². The molecular weight excluding hydrogens is 376 g/mol. The van der Waals surface area contributed by atoms with Crippen molar-refractivity contribution < 1.29 is 4.74 Å². The molecule has 1 heteroatoms. The van der Waals surface area contributed by atoms with E-state index in [0.717, 1.165) is 24.7 Å². The lowest BCUT2D eigenvalue weighted by Crippen LogP contribution is -2.06. The van der Waals surface area contributed by atoms with Crippen LogP contribution in [0.15, 0.2) is 41.5 Å². The highest BCUT2D eigenvalue weighted by Crippen LogP contribution is 2.38. The molecule has 1 aromatic rings. The molecule has 0 saturated heterocycles. The quantitative estimate of drug-likeness (QED) is 0.357. The second-order valence-electron chi connectivity index (χ2n) is 9.62. The molecule has 31 heavy (non-hydrogen) atoms. The van der Waals surface area contributed by atoms with E-state index >= 15 is 0 Å². The molecule has 0 aliphatic carbocycles. The van der Waals surface area contributed by atoms with Crippen LogP contribution in [0.25, 0.3) is 5.57 Å². The number of allylic oxidation sites excluding steroid dienone is 6. The van der Waals surface area contributed by atoms with E-state index in [1.165, 1.54) is 39.8 Å². The second-order valence-corrected chi connectivity index (χ2v) is 9.62. The van der Waals surface area contributed by atoms with Crippen LogP contribution in [-0.4, -0.2) is 6.61 Å². The molecule has 1 aromatic carbocycles. The minimum absolute atomic E-state index is 0.438. The second kappa shape index (κ2) is 15.1. The van der Waals surface area contributed by atoms with Crippen LogP contribution in [0.5, 0.6) is 5.75 Å². The topological polar surface area (TPSA) is 9.23 Å². The zero-order valence-electron chi connectivity index (χ0n) is 22.6. The first kappa shape index (κ1) is 29.2. The van der Waals surface area contributed by atoms with Crippen molar-refractivity contribution in [2.75, 3.05) is 6.61 Å². The van der Waals surface area contributed by atoms with Crippen molar-refractivity contribution >= 4 is 5.57 Å². The highest BCUT2D eigenvalue weighted by Gasteiger charge is 2.18. The molecule has 0 atom stereocenters. The van der Waals surface area contributed by atoms with Gasteiger partial charge in [-0.25, -0.2) is 0 Å². The summed E-state index contributed by atoms with van der Waals surface area (Å²) in [5.41, 5.74) is 7.80. The average Bonchev–Trinajstić information content (AvgIpc) is 2.74. The van der Waals surface area contributed by atoms with E-state index in [1.807, 2.05) is 0 Å². The van der Waals surface area contributed by atoms with Gasteiger partial charge in [0, 0.05) is 5.56 Å². The Morgan fingerprint density at radius 1 is 0.903 bits per heavy atom. The van der Waals surface area contributed by atoms with Gasteiger partial charge in [0.25, 0.3) is 0 Å². The summed E-state index contributed by atoms with van der Waals surface area (Å²) in [6.45, 7) is 27.2. The number of ether oxygens (including phenoxy) is 1. The molecule has 1 rings (SSSR count). The van der Waals surface area contributed by atoms with E-state index in [2.05, 4.69) is 113 Å². The molecule has 0 bridgehead atoms. The first-order chi connectivity index (χ1) is 14.5.